The summed E-state index contributed by atoms with van der Waals surface area (Å²) in [6.45, 7) is 0.563. The summed E-state index contributed by atoms with van der Waals surface area (Å²) in [6.07, 6.45) is 6.97. The third kappa shape index (κ3) is 7.29. The van der Waals surface area contributed by atoms with Crippen LogP contribution in [0.2, 0.25) is 0 Å². The minimum atomic E-state index is -0.558. The topological polar surface area (TPSA) is 95.9 Å². The molecule has 2 amide bonds. The summed E-state index contributed by atoms with van der Waals surface area (Å²) in [7, 11) is 0. The molecule has 1 fully saturated rings. The number of esters is 1. The van der Waals surface area contributed by atoms with Crippen LogP contribution in [0.15, 0.2) is 72.8 Å². The van der Waals surface area contributed by atoms with Gasteiger partial charge in [-0.1, -0.05) is 72.8 Å². The quantitative estimate of drug-likeness (QED) is 0.463. The number of hydrogen-bond donors (Lipinski definition) is 2. The van der Waals surface area contributed by atoms with Gasteiger partial charge in [0.1, 0.15) is 6.61 Å². The number of amides is 2. The van der Waals surface area contributed by atoms with Gasteiger partial charge in [0.25, 0.3) is 0 Å². The van der Waals surface area contributed by atoms with Crippen LogP contribution in [-0.2, 0) is 25.5 Å². The van der Waals surface area contributed by atoms with Gasteiger partial charge in [-0.25, -0.2) is 0 Å². The van der Waals surface area contributed by atoms with E-state index in [1.165, 1.54) is 0 Å². The van der Waals surface area contributed by atoms with Gasteiger partial charge in [0.05, 0.1) is 30.5 Å². The Bertz CT molecular complexity index is 1070. The van der Waals surface area contributed by atoms with Gasteiger partial charge in [-0.15, -0.1) is 0 Å². The Balaban J connectivity index is 1.54. The Morgan fingerprint density at radius 1 is 0.973 bits per heavy atom. The lowest BCUT2D eigenvalue weighted by molar-refractivity contribution is -0.150. The molecule has 0 radical (unpaired) electrons. The fourth-order valence-corrected chi connectivity index (χ4v) is 5.13. The molecule has 0 saturated carbocycles. The monoisotopic (exact) mass is 504 g/mol. The maximum Gasteiger partial charge on any atom is 0.309 e. The molecule has 0 aliphatic carbocycles. The number of ether oxygens (including phenoxy) is 1. The number of benzene rings is 2. The van der Waals surface area contributed by atoms with Crippen LogP contribution >= 0.6 is 0 Å². The Morgan fingerprint density at radius 3 is 2.35 bits per heavy atom. The summed E-state index contributed by atoms with van der Waals surface area (Å²) in [5.74, 6) is -1.55. The van der Waals surface area contributed by atoms with E-state index in [0.717, 1.165) is 24.0 Å². The van der Waals surface area contributed by atoms with Gasteiger partial charge in [-0.3, -0.25) is 14.4 Å². The lowest BCUT2D eigenvalue weighted by Gasteiger charge is -2.27. The maximum atomic E-state index is 13.4. The highest BCUT2D eigenvalue weighted by Gasteiger charge is 2.32. The summed E-state index contributed by atoms with van der Waals surface area (Å²) in [4.78, 5) is 41.3. The van der Waals surface area contributed by atoms with Crippen LogP contribution in [0.3, 0.4) is 0 Å². The number of nitrogens with one attached hydrogen (secondary N) is 1. The van der Waals surface area contributed by atoms with E-state index >= 15 is 0 Å². The number of rotatable bonds is 6. The van der Waals surface area contributed by atoms with Crippen molar-refractivity contribution >= 4 is 17.8 Å². The van der Waals surface area contributed by atoms with Gasteiger partial charge in [0, 0.05) is 13.0 Å². The molecule has 2 heterocycles. The van der Waals surface area contributed by atoms with Gasteiger partial charge >= 0.3 is 5.97 Å². The molecule has 2 aliphatic rings. The molecule has 2 aromatic rings. The van der Waals surface area contributed by atoms with Crippen molar-refractivity contribution in [3.63, 3.8) is 0 Å². The molecule has 2 aromatic carbocycles. The molecule has 7 heteroatoms. The normalized spacial score (nSPS) is 25.1. The van der Waals surface area contributed by atoms with Gasteiger partial charge in [-0.2, -0.15) is 0 Å². The molecule has 37 heavy (non-hydrogen) atoms. The van der Waals surface area contributed by atoms with Crippen molar-refractivity contribution in [2.75, 3.05) is 19.8 Å². The molecule has 1 saturated heterocycles. The third-order valence-corrected chi connectivity index (χ3v) is 7.28. The first kappa shape index (κ1) is 26.6. The van der Waals surface area contributed by atoms with Gasteiger partial charge in [-0.05, 0) is 43.2 Å². The summed E-state index contributed by atoms with van der Waals surface area (Å²) in [6, 6.07) is 18.6. The average molecular weight is 505 g/mol. The molecule has 4 rings (SSSR count). The van der Waals surface area contributed by atoms with Crippen molar-refractivity contribution in [2.24, 2.45) is 11.8 Å². The number of likely N-dealkylation sites (tertiary alicyclic amines) is 1. The molecule has 4 atom stereocenters. The number of nitrogens with zero attached hydrogens (tertiary/aromatic N) is 1. The number of hydrogen-bond acceptors (Lipinski definition) is 5. The van der Waals surface area contributed by atoms with Crippen molar-refractivity contribution in [3.05, 3.63) is 83.9 Å². The minimum Gasteiger partial charge on any atom is -0.463 e. The van der Waals surface area contributed by atoms with Crippen LogP contribution in [0.5, 0.6) is 0 Å². The minimum absolute atomic E-state index is 0.0168. The van der Waals surface area contributed by atoms with E-state index in [-0.39, 0.29) is 49.4 Å². The summed E-state index contributed by atoms with van der Waals surface area (Å²) >= 11 is 0. The van der Waals surface area contributed by atoms with Crippen LogP contribution < -0.4 is 5.32 Å². The Hall–Kier alpha value is -3.45. The highest BCUT2D eigenvalue weighted by atomic mass is 16.5. The number of carbonyl (C=O) groups excluding carboxylic acids is 3. The highest BCUT2D eigenvalue weighted by Crippen LogP contribution is 2.24. The van der Waals surface area contributed by atoms with E-state index in [1.807, 2.05) is 72.8 Å². The summed E-state index contributed by atoms with van der Waals surface area (Å²) < 4.78 is 5.75. The van der Waals surface area contributed by atoms with Crippen LogP contribution in [0.4, 0.5) is 0 Å². The number of allylic oxidation sites excluding steroid dienone is 2. The number of cyclic esters (lactones) is 1. The van der Waals surface area contributed by atoms with Crippen molar-refractivity contribution in [1.82, 2.24) is 10.2 Å². The van der Waals surface area contributed by atoms with E-state index in [2.05, 4.69) is 5.32 Å². The second-order valence-electron chi connectivity index (χ2n) is 9.90. The second-order valence-corrected chi connectivity index (χ2v) is 9.90. The zero-order valence-electron chi connectivity index (χ0n) is 21.1. The van der Waals surface area contributed by atoms with Crippen LogP contribution in [0, 0.1) is 11.8 Å². The molecular weight excluding hydrogens is 468 g/mol. The number of carbonyl (C=O) groups is 3. The molecule has 0 spiro atoms. The van der Waals surface area contributed by atoms with E-state index in [1.54, 1.807) is 4.90 Å². The van der Waals surface area contributed by atoms with Crippen molar-refractivity contribution < 1.29 is 24.2 Å². The molecular formula is C30H36N2O5. The predicted molar refractivity (Wildman–Crippen MR) is 140 cm³/mol. The van der Waals surface area contributed by atoms with Gasteiger partial charge in [0.15, 0.2) is 0 Å². The molecule has 2 aliphatic heterocycles. The van der Waals surface area contributed by atoms with E-state index in [9.17, 15) is 19.5 Å². The molecule has 0 bridgehead atoms. The largest absolute Gasteiger partial charge is 0.463 e. The van der Waals surface area contributed by atoms with Crippen LogP contribution in [-0.4, -0.2) is 53.6 Å². The number of aliphatic hydroxyl groups excluding tert-OH is 1. The number of aliphatic hydroxyl groups is 1. The molecule has 7 nitrogen and oxygen atoms in total. The summed E-state index contributed by atoms with van der Waals surface area (Å²) in [5.41, 5.74) is 1.89. The lowest BCUT2D eigenvalue weighted by atomic mass is 9.94. The Labute approximate surface area is 218 Å². The van der Waals surface area contributed by atoms with Crippen molar-refractivity contribution in [2.45, 2.75) is 50.6 Å². The maximum absolute atomic E-state index is 13.4. The molecule has 0 aromatic heterocycles. The fraction of sp³-hybridized carbons (Fsp3) is 0.433. The standard InChI is InChI=1S/C30H36N2O5/c33-20-26-16-9-17-32(26)28(34)19-24-14-7-8-15-25(18-22-10-3-1-4-11-22)30(36)37-21-27(31-29(24)35)23-12-5-2-6-13-23/h1-8,10-13,24-27,33H,9,14-21H2,(H,31,35)/t24-,25-,26+,27-/m1/s1. The predicted octanol–water partition coefficient (Wildman–Crippen LogP) is 3.59. The van der Waals surface area contributed by atoms with Crippen LogP contribution in [0.1, 0.15) is 49.3 Å². The van der Waals surface area contributed by atoms with Crippen molar-refractivity contribution in [3.8, 4) is 0 Å². The average Bonchev–Trinajstić information content (AvgIpc) is 3.41. The van der Waals surface area contributed by atoms with Gasteiger partial charge < -0.3 is 20.1 Å². The molecule has 2 N–H and O–H groups in total. The smallest absolute Gasteiger partial charge is 0.309 e. The molecule has 196 valence electrons. The Kier molecular flexibility index (Phi) is 9.49. The first-order valence-corrected chi connectivity index (χ1v) is 13.2. The van der Waals surface area contributed by atoms with E-state index in [4.69, 9.17) is 4.74 Å². The fourth-order valence-electron chi connectivity index (χ4n) is 5.13. The summed E-state index contributed by atoms with van der Waals surface area (Å²) in [5, 5.41) is 12.7. The first-order valence-electron chi connectivity index (χ1n) is 13.2. The SMILES string of the molecule is O=C1N[C@@H](c2ccccc2)COC(=O)[C@@H](Cc2ccccc2)CC=CC[C@@H]1CC(=O)N1CCC[C@H]1CO. The molecule has 0 unspecified atom stereocenters. The Morgan fingerprint density at radius 2 is 1.65 bits per heavy atom. The first-order chi connectivity index (χ1) is 18.0. The zero-order chi connectivity index (χ0) is 26.0. The second kappa shape index (κ2) is 13.2. The van der Waals surface area contributed by atoms with Gasteiger partial charge in [0.2, 0.25) is 11.8 Å². The lowest BCUT2D eigenvalue weighted by Crippen LogP contribution is -2.42. The third-order valence-electron chi connectivity index (χ3n) is 7.28. The van der Waals surface area contributed by atoms with Crippen LogP contribution in [0.25, 0.3) is 0 Å². The van der Waals surface area contributed by atoms with E-state index in [0.29, 0.717) is 25.8 Å². The van der Waals surface area contributed by atoms with Crippen molar-refractivity contribution in [1.29, 1.82) is 0 Å². The highest BCUT2D eigenvalue weighted by molar-refractivity contribution is 5.86. The zero-order valence-corrected chi connectivity index (χ0v) is 21.1. The van der Waals surface area contributed by atoms with E-state index < -0.39 is 12.0 Å².